The van der Waals surface area contributed by atoms with Crippen molar-refractivity contribution in [3.63, 3.8) is 0 Å². The van der Waals surface area contributed by atoms with Crippen LogP contribution in [0.25, 0.3) is 0 Å². The van der Waals surface area contributed by atoms with Crippen molar-refractivity contribution < 1.29 is 13.2 Å². The van der Waals surface area contributed by atoms with E-state index in [0.717, 1.165) is 16.7 Å². The van der Waals surface area contributed by atoms with E-state index >= 15 is 0 Å². The van der Waals surface area contributed by atoms with Crippen LogP contribution in [-0.4, -0.2) is 54.7 Å². The number of rotatable bonds is 3. The van der Waals surface area contributed by atoms with Gasteiger partial charge in [-0.1, -0.05) is 44.5 Å². The summed E-state index contributed by atoms with van der Waals surface area (Å²) in [5.74, 6) is -0.168. The van der Waals surface area contributed by atoms with Gasteiger partial charge in [0.25, 0.3) is 5.91 Å². The fourth-order valence-corrected chi connectivity index (χ4v) is 5.78. The molecular formula is C22H28ClN3O3S. The summed E-state index contributed by atoms with van der Waals surface area (Å²) >= 11 is 5.88. The van der Waals surface area contributed by atoms with E-state index in [1.807, 2.05) is 26.0 Å². The zero-order valence-electron chi connectivity index (χ0n) is 18.1. The number of halogens is 1. The van der Waals surface area contributed by atoms with Gasteiger partial charge in [0.05, 0.1) is 4.90 Å². The van der Waals surface area contributed by atoms with Gasteiger partial charge in [0.15, 0.2) is 0 Å². The van der Waals surface area contributed by atoms with Crippen molar-refractivity contribution in [2.24, 2.45) is 0 Å². The molecule has 1 fully saturated rings. The lowest BCUT2D eigenvalue weighted by atomic mass is 9.85. The number of carbonyl (C=O) groups excluding carboxylic acids is 1. The molecule has 1 amide bonds. The molecule has 6 nitrogen and oxygen atoms in total. The van der Waals surface area contributed by atoms with Crippen LogP contribution in [0.15, 0.2) is 35.4 Å². The molecule has 1 aromatic carbocycles. The lowest BCUT2D eigenvalue weighted by Crippen LogP contribution is -2.50. The molecule has 0 N–H and O–H groups in total. The van der Waals surface area contributed by atoms with Gasteiger partial charge in [0.2, 0.25) is 10.0 Å². The summed E-state index contributed by atoms with van der Waals surface area (Å²) < 4.78 is 28.2. The highest BCUT2D eigenvalue weighted by Gasteiger charge is 2.33. The number of hydrogen-bond donors (Lipinski definition) is 0. The number of sulfonamides is 1. The van der Waals surface area contributed by atoms with Crippen LogP contribution in [0.5, 0.6) is 0 Å². The normalized spacial score (nSPS) is 16.0. The van der Waals surface area contributed by atoms with Gasteiger partial charge in [-0.3, -0.25) is 4.79 Å². The smallest absolute Gasteiger partial charge is 0.254 e. The first kappa shape index (κ1) is 22.7. The summed E-state index contributed by atoms with van der Waals surface area (Å²) in [7, 11) is -3.64. The Hall–Kier alpha value is -1.96. The number of amides is 1. The van der Waals surface area contributed by atoms with Crippen molar-refractivity contribution in [3.05, 3.63) is 57.9 Å². The minimum atomic E-state index is -3.64. The number of carbonyl (C=O) groups is 1. The van der Waals surface area contributed by atoms with Crippen LogP contribution in [0.3, 0.4) is 0 Å². The summed E-state index contributed by atoms with van der Waals surface area (Å²) in [4.78, 5) is 18.6. The van der Waals surface area contributed by atoms with Crippen molar-refractivity contribution >= 4 is 27.5 Å². The third kappa shape index (κ3) is 4.53. The summed E-state index contributed by atoms with van der Waals surface area (Å²) in [6.07, 6.45) is 1.49. The van der Waals surface area contributed by atoms with Gasteiger partial charge >= 0.3 is 0 Å². The molecule has 0 atom stereocenters. The summed E-state index contributed by atoms with van der Waals surface area (Å²) in [5.41, 5.74) is 3.02. The van der Waals surface area contributed by atoms with Crippen molar-refractivity contribution in [3.8, 4) is 0 Å². The van der Waals surface area contributed by atoms with Crippen LogP contribution in [-0.2, 0) is 15.4 Å². The van der Waals surface area contributed by atoms with Crippen molar-refractivity contribution in [2.75, 3.05) is 26.2 Å². The number of pyridine rings is 1. The van der Waals surface area contributed by atoms with Gasteiger partial charge < -0.3 is 4.90 Å². The maximum Gasteiger partial charge on any atom is 0.254 e. The Labute approximate surface area is 183 Å². The highest BCUT2D eigenvalue weighted by molar-refractivity contribution is 7.89. The summed E-state index contributed by atoms with van der Waals surface area (Å²) in [6, 6.07) is 7.07. The Morgan fingerprint density at radius 3 is 2.10 bits per heavy atom. The molecule has 1 aliphatic heterocycles. The van der Waals surface area contributed by atoms with Gasteiger partial charge in [-0.15, -0.1) is 0 Å². The molecule has 0 unspecified atom stereocenters. The first-order valence-corrected chi connectivity index (χ1v) is 11.8. The molecule has 2 heterocycles. The van der Waals surface area contributed by atoms with Gasteiger partial charge in [-0.05, 0) is 48.1 Å². The van der Waals surface area contributed by atoms with E-state index in [2.05, 4.69) is 25.8 Å². The van der Waals surface area contributed by atoms with E-state index < -0.39 is 10.0 Å². The molecule has 162 valence electrons. The second-order valence-corrected chi connectivity index (χ2v) is 11.0. The zero-order valence-corrected chi connectivity index (χ0v) is 19.6. The molecule has 0 radical (unpaired) electrons. The first-order chi connectivity index (χ1) is 13.9. The van der Waals surface area contributed by atoms with E-state index in [1.54, 1.807) is 11.0 Å². The predicted octanol–water partition coefficient (Wildman–Crippen LogP) is 3.80. The second-order valence-electron chi connectivity index (χ2n) is 8.75. The number of aromatic nitrogens is 1. The van der Waals surface area contributed by atoms with Crippen LogP contribution < -0.4 is 0 Å². The van der Waals surface area contributed by atoms with Gasteiger partial charge in [0, 0.05) is 37.9 Å². The van der Waals surface area contributed by atoms with Crippen LogP contribution in [0.4, 0.5) is 0 Å². The standard InChI is InChI=1S/C22H28ClN3O3S/c1-15-12-18(22(3,4)5)13-16(2)20(15)30(28,29)26-10-8-25(9-11-26)21(27)17-6-7-24-19(23)14-17/h6-7,12-14H,8-11H2,1-5H3. The lowest BCUT2D eigenvalue weighted by Gasteiger charge is -2.34. The number of nitrogens with zero attached hydrogens (tertiary/aromatic N) is 3. The van der Waals surface area contributed by atoms with E-state index in [0.29, 0.717) is 23.5 Å². The molecular weight excluding hydrogens is 422 g/mol. The van der Waals surface area contributed by atoms with Crippen LogP contribution in [0.1, 0.15) is 47.8 Å². The maximum atomic E-state index is 13.4. The summed E-state index contributed by atoms with van der Waals surface area (Å²) in [6.45, 7) is 11.2. The van der Waals surface area contributed by atoms with Crippen molar-refractivity contribution in [1.29, 1.82) is 0 Å². The van der Waals surface area contributed by atoms with Crippen LogP contribution in [0, 0.1) is 13.8 Å². The van der Waals surface area contributed by atoms with E-state index in [4.69, 9.17) is 11.6 Å². The monoisotopic (exact) mass is 449 g/mol. The van der Waals surface area contributed by atoms with Gasteiger partial charge in [0.1, 0.15) is 5.15 Å². The molecule has 0 aliphatic carbocycles. The lowest BCUT2D eigenvalue weighted by molar-refractivity contribution is 0.0697. The third-order valence-electron chi connectivity index (χ3n) is 5.42. The molecule has 1 aromatic heterocycles. The fourth-order valence-electron chi connectivity index (χ4n) is 3.77. The average molecular weight is 450 g/mol. The number of aryl methyl sites for hydroxylation is 2. The zero-order chi connectivity index (χ0) is 22.3. The average Bonchev–Trinajstić information content (AvgIpc) is 2.66. The minimum absolute atomic E-state index is 0.0559. The second kappa shape index (κ2) is 8.29. The Kier molecular flexibility index (Phi) is 6.28. The molecule has 1 saturated heterocycles. The Bertz CT molecular complexity index is 1050. The quantitative estimate of drug-likeness (QED) is 0.668. The highest BCUT2D eigenvalue weighted by Crippen LogP contribution is 2.31. The van der Waals surface area contributed by atoms with E-state index in [1.165, 1.54) is 16.6 Å². The maximum absolute atomic E-state index is 13.4. The molecule has 3 rings (SSSR count). The van der Waals surface area contributed by atoms with Crippen LogP contribution >= 0.6 is 11.6 Å². The number of benzene rings is 1. The van der Waals surface area contributed by atoms with E-state index in [9.17, 15) is 13.2 Å². The SMILES string of the molecule is Cc1cc(C(C)(C)C)cc(C)c1S(=O)(=O)N1CCN(C(=O)c2ccnc(Cl)c2)CC1. The first-order valence-electron chi connectivity index (χ1n) is 9.94. The molecule has 1 aliphatic rings. The summed E-state index contributed by atoms with van der Waals surface area (Å²) in [5, 5.41) is 0.256. The molecule has 30 heavy (non-hydrogen) atoms. The predicted molar refractivity (Wildman–Crippen MR) is 119 cm³/mol. The van der Waals surface area contributed by atoms with Crippen LogP contribution in [0.2, 0.25) is 5.15 Å². The number of hydrogen-bond acceptors (Lipinski definition) is 4. The molecule has 8 heteroatoms. The minimum Gasteiger partial charge on any atom is -0.336 e. The van der Waals surface area contributed by atoms with Crippen molar-refractivity contribution in [2.45, 2.75) is 44.9 Å². The molecule has 0 bridgehead atoms. The topological polar surface area (TPSA) is 70.6 Å². The molecule has 0 spiro atoms. The van der Waals surface area contributed by atoms with E-state index in [-0.39, 0.29) is 29.6 Å². The third-order valence-corrected chi connectivity index (χ3v) is 7.84. The molecule has 2 aromatic rings. The Morgan fingerprint density at radius 2 is 1.60 bits per heavy atom. The Morgan fingerprint density at radius 1 is 1.03 bits per heavy atom. The largest absolute Gasteiger partial charge is 0.336 e. The highest BCUT2D eigenvalue weighted by atomic mass is 35.5. The number of piperazine rings is 1. The van der Waals surface area contributed by atoms with Gasteiger partial charge in [-0.2, -0.15) is 4.31 Å². The fraction of sp³-hybridized carbons (Fsp3) is 0.455. The van der Waals surface area contributed by atoms with Gasteiger partial charge in [-0.25, -0.2) is 13.4 Å². The van der Waals surface area contributed by atoms with Crippen molar-refractivity contribution in [1.82, 2.24) is 14.2 Å². The molecule has 0 saturated carbocycles. The Balaban J connectivity index is 1.79.